The summed E-state index contributed by atoms with van der Waals surface area (Å²) in [6.45, 7) is 7.89. The maximum Gasteiger partial charge on any atom is 0.317 e. The molecule has 1 saturated heterocycles. The lowest BCUT2D eigenvalue weighted by atomic mass is 10.2. The summed E-state index contributed by atoms with van der Waals surface area (Å²) in [4.78, 5) is 25.1. The van der Waals surface area contributed by atoms with Gasteiger partial charge in [-0.1, -0.05) is 6.07 Å². The highest BCUT2D eigenvalue weighted by molar-refractivity contribution is 7.94. The lowest BCUT2D eigenvalue weighted by Crippen LogP contribution is -2.51. The number of hydrogen-bond donors (Lipinski definition) is 3. The zero-order valence-corrected chi connectivity index (χ0v) is 23.9. The molecule has 0 radical (unpaired) electrons. The molecule has 2 aromatic carbocycles. The lowest BCUT2D eigenvalue weighted by molar-refractivity contribution is 0.196. The zero-order valence-electron chi connectivity index (χ0n) is 23.0. The molecule has 5 rings (SSSR count). The molecule has 3 heterocycles. The molecule has 210 valence electrons. The van der Waals surface area contributed by atoms with Gasteiger partial charge in [0.25, 0.3) is 0 Å². The van der Waals surface area contributed by atoms with Crippen molar-refractivity contribution in [2.24, 2.45) is 0 Å². The van der Waals surface area contributed by atoms with Crippen LogP contribution in [0.3, 0.4) is 0 Å². The summed E-state index contributed by atoms with van der Waals surface area (Å²) in [6.07, 6.45) is 3.65. The van der Waals surface area contributed by atoms with Crippen LogP contribution in [0, 0.1) is 0 Å². The van der Waals surface area contributed by atoms with Gasteiger partial charge in [-0.3, -0.25) is 4.72 Å². The third-order valence-corrected chi connectivity index (χ3v) is 9.00. The molecule has 0 aliphatic carbocycles. The van der Waals surface area contributed by atoms with Crippen LogP contribution in [0.1, 0.15) is 20.8 Å². The summed E-state index contributed by atoms with van der Waals surface area (Å²) in [5.41, 5.74) is 3.89. The van der Waals surface area contributed by atoms with Gasteiger partial charge in [-0.05, 0) is 69.3 Å². The number of amides is 2. The van der Waals surface area contributed by atoms with Crippen LogP contribution >= 0.6 is 0 Å². The Morgan fingerprint density at radius 3 is 2.33 bits per heavy atom. The van der Waals surface area contributed by atoms with Crippen molar-refractivity contribution in [3.8, 4) is 5.69 Å². The monoisotopic (exact) mass is 562 g/mol. The predicted octanol–water partition coefficient (Wildman–Crippen LogP) is 4.17. The highest BCUT2D eigenvalue weighted by Crippen LogP contribution is 2.26. The molecule has 0 atom stereocenters. The number of piperazine rings is 1. The average molecular weight is 563 g/mol. The van der Waals surface area contributed by atoms with Crippen molar-refractivity contribution in [2.45, 2.75) is 25.5 Å². The van der Waals surface area contributed by atoms with Crippen LogP contribution in [0.2, 0.25) is 0 Å². The Hall–Kier alpha value is -4.32. The molecular weight excluding hydrogens is 528 g/mol. The second-order valence-corrected chi connectivity index (χ2v) is 13.1. The van der Waals surface area contributed by atoms with Crippen molar-refractivity contribution in [2.75, 3.05) is 48.2 Å². The van der Waals surface area contributed by atoms with Gasteiger partial charge in [-0.15, -0.1) is 0 Å². The van der Waals surface area contributed by atoms with Crippen LogP contribution in [0.5, 0.6) is 0 Å². The summed E-state index contributed by atoms with van der Waals surface area (Å²) < 4.78 is 28.9. The number of sulfonamides is 1. The lowest BCUT2D eigenvalue weighted by Gasteiger charge is -2.35. The first kappa shape index (κ1) is 27.3. The van der Waals surface area contributed by atoms with E-state index in [2.05, 4.69) is 25.2 Å². The van der Waals surface area contributed by atoms with Gasteiger partial charge in [0, 0.05) is 68.1 Å². The normalized spacial score (nSPS) is 14.3. The van der Waals surface area contributed by atoms with Crippen LogP contribution in [0.15, 0.2) is 67.0 Å². The molecule has 4 aromatic rings. The van der Waals surface area contributed by atoms with Gasteiger partial charge in [-0.25, -0.2) is 18.2 Å². The Bertz CT molecular complexity index is 1620. The van der Waals surface area contributed by atoms with E-state index >= 15 is 0 Å². The molecule has 2 aromatic heterocycles. The van der Waals surface area contributed by atoms with Gasteiger partial charge in [0.2, 0.25) is 16.0 Å². The molecule has 2 amide bonds. The Kier molecular flexibility index (Phi) is 7.28. The average Bonchev–Trinajstić information content (AvgIpc) is 3.36. The van der Waals surface area contributed by atoms with Crippen molar-refractivity contribution >= 4 is 50.1 Å². The quantitative estimate of drug-likeness (QED) is 0.322. The van der Waals surface area contributed by atoms with E-state index in [0.29, 0.717) is 30.4 Å². The minimum Gasteiger partial charge on any atom is -0.368 e. The Morgan fingerprint density at radius 1 is 0.925 bits per heavy atom. The van der Waals surface area contributed by atoms with Crippen LogP contribution in [0.4, 0.5) is 27.8 Å². The first-order valence-electron chi connectivity index (χ1n) is 13.1. The van der Waals surface area contributed by atoms with E-state index in [1.165, 1.54) is 0 Å². The summed E-state index contributed by atoms with van der Waals surface area (Å²) in [6, 6.07) is 17.2. The van der Waals surface area contributed by atoms with E-state index in [1.54, 1.807) is 46.1 Å². The number of anilines is 4. The molecule has 3 N–H and O–H groups in total. The minimum absolute atomic E-state index is 0.0415. The topological polar surface area (TPSA) is 124 Å². The fourth-order valence-electron chi connectivity index (χ4n) is 4.42. The number of rotatable bonds is 6. The molecule has 11 nitrogen and oxygen atoms in total. The number of carbonyl (C=O) groups is 1. The van der Waals surface area contributed by atoms with Crippen molar-refractivity contribution in [1.29, 1.82) is 0 Å². The fraction of sp³-hybridized carbons (Fsp3) is 0.321. The zero-order chi connectivity index (χ0) is 28.5. The third-order valence-electron chi connectivity index (χ3n) is 6.88. The molecule has 0 saturated carbocycles. The number of carbonyl (C=O) groups excluding carboxylic acids is 1. The summed E-state index contributed by atoms with van der Waals surface area (Å²) in [5, 5.41) is 6.81. The van der Waals surface area contributed by atoms with Crippen molar-refractivity contribution in [3.63, 3.8) is 0 Å². The highest BCUT2D eigenvalue weighted by atomic mass is 32.2. The van der Waals surface area contributed by atoms with Gasteiger partial charge < -0.3 is 25.0 Å². The van der Waals surface area contributed by atoms with E-state index in [4.69, 9.17) is 4.98 Å². The van der Waals surface area contributed by atoms with Crippen LogP contribution in [0.25, 0.3) is 16.7 Å². The smallest absolute Gasteiger partial charge is 0.317 e. The van der Waals surface area contributed by atoms with E-state index in [9.17, 15) is 13.2 Å². The van der Waals surface area contributed by atoms with E-state index in [-0.39, 0.29) is 6.03 Å². The summed E-state index contributed by atoms with van der Waals surface area (Å²) in [7, 11) is -1.90. The van der Waals surface area contributed by atoms with Crippen molar-refractivity contribution in [3.05, 3.63) is 67.0 Å². The first-order chi connectivity index (χ1) is 19.0. The second-order valence-electron chi connectivity index (χ2n) is 10.6. The summed E-state index contributed by atoms with van der Waals surface area (Å²) >= 11 is 0. The van der Waals surface area contributed by atoms with Crippen LogP contribution in [-0.2, 0) is 10.0 Å². The van der Waals surface area contributed by atoms with Crippen molar-refractivity contribution < 1.29 is 13.2 Å². The maximum atomic E-state index is 12.6. The molecule has 1 aliphatic rings. The first-order valence-corrected chi connectivity index (χ1v) is 14.6. The number of fused-ring (bicyclic) bond motifs is 1. The van der Waals surface area contributed by atoms with E-state index < -0.39 is 14.8 Å². The second kappa shape index (κ2) is 10.7. The number of urea groups is 1. The molecular formula is C28H34N8O3S. The maximum absolute atomic E-state index is 12.6. The van der Waals surface area contributed by atoms with Gasteiger partial charge >= 0.3 is 6.03 Å². The van der Waals surface area contributed by atoms with Gasteiger partial charge in [0.15, 0.2) is 0 Å². The summed E-state index contributed by atoms with van der Waals surface area (Å²) in [5.74, 6) is 0.448. The number of aromatic nitrogens is 3. The Labute approximate surface area is 234 Å². The number of nitrogens with zero attached hydrogens (tertiary/aromatic N) is 5. The highest BCUT2D eigenvalue weighted by Gasteiger charge is 2.29. The van der Waals surface area contributed by atoms with Crippen molar-refractivity contribution in [1.82, 2.24) is 24.8 Å². The number of hydrogen-bond acceptors (Lipinski definition) is 7. The predicted molar refractivity (Wildman–Crippen MR) is 159 cm³/mol. The fourth-order valence-corrected chi connectivity index (χ4v) is 5.17. The molecule has 0 spiro atoms. The largest absolute Gasteiger partial charge is 0.368 e. The Balaban J connectivity index is 1.31. The SMILES string of the molecule is CNC(=O)N1CCN(c2ccc(Nc3ncc4ccn(-c5cccc(NS(=O)(=O)C(C)(C)C)c5)c4n3)cc2)CC1. The van der Waals surface area contributed by atoms with Gasteiger partial charge in [-0.2, -0.15) is 4.98 Å². The molecule has 1 fully saturated rings. The number of benzene rings is 2. The third kappa shape index (κ3) is 5.67. The molecule has 40 heavy (non-hydrogen) atoms. The number of nitrogens with one attached hydrogen (secondary N) is 3. The standard InChI is InChI=1S/C28H34N8O3S/c1-28(2,3)40(38,39)33-22-6-5-7-24(18-22)36-13-12-20-19-30-26(32-25(20)36)31-21-8-10-23(11-9-21)34-14-16-35(17-15-34)27(37)29-4/h5-13,18-19,33H,14-17H2,1-4H3,(H,29,37)(H,30,31,32). The molecule has 0 bridgehead atoms. The van der Waals surface area contributed by atoms with Gasteiger partial charge in [0.1, 0.15) is 5.65 Å². The van der Waals surface area contributed by atoms with E-state index in [0.717, 1.165) is 35.5 Å². The van der Waals surface area contributed by atoms with Crippen LogP contribution < -0.4 is 20.3 Å². The minimum atomic E-state index is -3.55. The molecule has 12 heteroatoms. The van der Waals surface area contributed by atoms with Gasteiger partial charge in [0.05, 0.1) is 10.4 Å². The van der Waals surface area contributed by atoms with Crippen LogP contribution in [-0.4, -0.2) is 71.9 Å². The molecule has 0 unspecified atom stereocenters. The molecule has 1 aliphatic heterocycles. The van der Waals surface area contributed by atoms with E-state index in [1.807, 2.05) is 58.1 Å². The Morgan fingerprint density at radius 2 is 1.65 bits per heavy atom.